The minimum atomic E-state index is 0.647. The predicted octanol–water partition coefficient (Wildman–Crippen LogP) is 3.88. The normalized spacial score (nSPS) is 10.0. The van der Waals surface area contributed by atoms with Crippen molar-refractivity contribution in [1.82, 2.24) is 0 Å². The topological polar surface area (TPSA) is 26.0 Å². The highest BCUT2D eigenvalue weighted by atomic mass is 79.9. The maximum atomic E-state index is 5.66. The average Bonchev–Trinajstić information content (AvgIpc) is 2.02. The van der Waals surface area contributed by atoms with Gasteiger partial charge in [-0.15, -0.1) is 11.8 Å². The fourth-order valence-corrected chi connectivity index (χ4v) is 2.37. The van der Waals surface area contributed by atoms with E-state index in [1.807, 2.05) is 18.2 Å². The van der Waals surface area contributed by atoms with Crippen molar-refractivity contribution in [2.24, 2.45) is 0 Å². The molecule has 0 heterocycles. The maximum absolute atomic E-state index is 5.66. The van der Waals surface area contributed by atoms with Crippen LogP contribution in [0.3, 0.4) is 0 Å². The first-order valence-corrected chi connectivity index (χ1v) is 5.76. The Morgan fingerprint density at radius 2 is 2.31 bits per heavy atom. The van der Waals surface area contributed by atoms with Gasteiger partial charge in [-0.25, -0.2) is 0 Å². The van der Waals surface area contributed by atoms with E-state index in [-0.39, 0.29) is 0 Å². The third kappa shape index (κ3) is 3.63. The Balaban J connectivity index is 2.72. The molecule has 0 aliphatic rings. The summed E-state index contributed by atoms with van der Waals surface area (Å²) in [6.07, 6.45) is 0. The van der Waals surface area contributed by atoms with Crippen molar-refractivity contribution in [2.75, 3.05) is 11.5 Å². The second kappa shape index (κ2) is 4.94. The fraction of sp³-hybridized carbons (Fsp3) is 0.111. The van der Waals surface area contributed by atoms with Crippen LogP contribution < -0.4 is 5.73 Å². The second-order valence-corrected chi connectivity index (χ2v) is 4.90. The number of nitrogen functional groups attached to an aromatic ring is 1. The minimum Gasteiger partial charge on any atom is -0.399 e. The fourth-order valence-electron chi connectivity index (χ4n) is 0.790. The van der Waals surface area contributed by atoms with Gasteiger partial charge in [0.2, 0.25) is 0 Å². The lowest BCUT2D eigenvalue weighted by atomic mass is 10.3. The van der Waals surface area contributed by atoms with Gasteiger partial charge >= 0.3 is 0 Å². The summed E-state index contributed by atoms with van der Waals surface area (Å²) in [5.41, 5.74) is 6.35. The second-order valence-electron chi connectivity index (χ2n) is 2.50. The molecule has 0 amide bonds. The van der Waals surface area contributed by atoms with E-state index in [9.17, 15) is 0 Å². The molecule has 0 aliphatic carbocycles. The molecule has 1 nitrogen and oxygen atoms in total. The molecule has 0 fully saturated rings. The Bertz CT molecular complexity index is 327. The van der Waals surface area contributed by atoms with Crippen LogP contribution in [-0.4, -0.2) is 5.75 Å². The van der Waals surface area contributed by atoms with Crippen molar-refractivity contribution in [3.63, 3.8) is 0 Å². The third-order valence-electron chi connectivity index (χ3n) is 1.34. The number of rotatable bonds is 3. The van der Waals surface area contributed by atoms with Gasteiger partial charge in [0.15, 0.2) is 0 Å². The summed E-state index contributed by atoms with van der Waals surface area (Å²) >= 11 is 10.7. The molecule has 0 aliphatic heterocycles. The summed E-state index contributed by atoms with van der Waals surface area (Å²) in [5, 5.41) is 0.647. The van der Waals surface area contributed by atoms with Crippen LogP contribution in [0.1, 0.15) is 0 Å². The van der Waals surface area contributed by atoms with Crippen LogP contribution in [0, 0.1) is 0 Å². The molecular formula is C9H9BrClNS. The lowest BCUT2D eigenvalue weighted by Crippen LogP contribution is -1.85. The lowest BCUT2D eigenvalue weighted by Gasteiger charge is -2.03. The van der Waals surface area contributed by atoms with Gasteiger partial charge in [0, 0.05) is 25.8 Å². The molecule has 2 N–H and O–H groups in total. The van der Waals surface area contributed by atoms with Gasteiger partial charge in [0.1, 0.15) is 0 Å². The summed E-state index contributed by atoms with van der Waals surface area (Å²) in [5.74, 6) is 0.712. The summed E-state index contributed by atoms with van der Waals surface area (Å²) in [6.45, 7) is 3.62. The van der Waals surface area contributed by atoms with Crippen molar-refractivity contribution >= 4 is 45.0 Å². The molecule has 1 rings (SSSR count). The Hall–Kier alpha value is -0.120. The van der Waals surface area contributed by atoms with Gasteiger partial charge in [0.25, 0.3) is 0 Å². The van der Waals surface area contributed by atoms with Crippen LogP contribution in [0.15, 0.2) is 39.2 Å². The van der Waals surface area contributed by atoms with E-state index in [2.05, 4.69) is 22.5 Å². The van der Waals surface area contributed by atoms with Crippen LogP contribution in [-0.2, 0) is 0 Å². The Labute approximate surface area is 95.5 Å². The smallest absolute Gasteiger partial charge is 0.0334 e. The molecule has 1 aromatic carbocycles. The highest BCUT2D eigenvalue weighted by Crippen LogP contribution is 2.30. The molecule has 0 radical (unpaired) electrons. The van der Waals surface area contributed by atoms with Crippen LogP contribution in [0.2, 0.25) is 0 Å². The standard InChI is InChI=1S/C9H9BrClNS/c1-6(11)5-13-9-3-2-7(12)4-8(9)10/h2-4H,1,5,12H2. The first kappa shape index (κ1) is 11.0. The molecule has 1 aromatic rings. The monoisotopic (exact) mass is 277 g/mol. The van der Waals surface area contributed by atoms with E-state index >= 15 is 0 Å². The van der Waals surface area contributed by atoms with Crippen LogP contribution in [0.25, 0.3) is 0 Å². The van der Waals surface area contributed by atoms with Crippen LogP contribution in [0.5, 0.6) is 0 Å². The molecule has 70 valence electrons. The molecule has 0 atom stereocenters. The summed E-state index contributed by atoms with van der Waals surface area (Å²) in [6, 6.07) is 5.70. The van der Waals surface area contributed by atoms with Crippen LogP contribution in [0.4, 0.5) is 5.69 Å². The first-order valence-electron chi connectivity index (χ1n) is 3.60. The van der Waals surface area contributed by atoms with E-state index in [0.717, 1.165) is 15.1 Å². The molecule has 0 saturated heterocycles. The largest absolute Gasteiger partial charge is 0.399 e. The summed E-state index contributed by atoms with van der Waals surface area (Å²) < 4.78 is 0.996. The molecule has 0 aromatic heterocycles. The molecule has 0 saturated carbocycles. The van der Waals surface area contributed by atoms with Gasteiger partial charge in [-0.2, -0.15) is 0 Å². The van der Waals surface area contributed by atoms with Crippen LogP contribution >= 0.6 is 39.3 Å². The third-order valence-corrected chi connectivity index (χ3v) is 3.71. The molecular weight excluding hydrogens is 270 g/mol. The zero-order chi connectivity index (χ0) is 9.84. The average molecular weight is 279 g/mol. The molecule has 0 bridgehead atoms. The summed E-state index contributed by atoms with van der Waals surface area (Å²) in [7, 11) is 0. The van der Waals surface area contributed by atoms with E-state index in [1.165, 1.54) is 0 Å². The van der Waals surface area contributed by atoms with Gasteiger partial charge < -0.3 is 5.73 Å². The first-order chi connectivity index (χ1) is 6.09. The number of thioether (sulfide) groups is 1. The van der Waals surface area contributed by atoms with Crippen molar-refractivity contribution in [1.29, 1.82) is 0 Å². The lowest BCUT2D eigenvalue weighted by molar-refractivity contribution is 1.40. The van der Waals surface area contributed by atoms with Gasteiger partial charge in [0.05, 0.1) is 0 Å². The van der Waals surface area contributed by atoms with Gasteiger partial charge in [-0.05, 0) is 34.1 Å². The molecule has 0 unspecified atom stereocenters. The van der Waals surface area contributed by atoms with Crippen molar-refractivity contribution in [3.05, 3.63) is 34.3 Å². The zero-order valence-corrected chi connectivity index (χ0v) is 10.0. The molecule has 4 heteroatoms. The summed E-state index contributed by atoms with van der Waals surface area (Å²) in [4.78, 5) is 1.12. The highest BCUT2D eigenvalue weighted by Gasteiger charge is 2.00. The Kier molecular flexibility index (Phi) is 4.16. The van der Waals surface area contributed by atoms with Gasteiger partial charge in [-0.1, -0.05) is 18.2 Å². The number of halogens is 2. The van der Waals surface area contributed by atoms with E-state index in [0.29, 0.717) is 10.8 Å². The van der Waals surface area contributed by atoms with Crippen molar-refractivity contribution in [2.45, 2.75) is 4.90 Å². The quantitative estimate of drug-likeness (QED) is 0.671. The van der Waals surface area contributed by atoms with Crippen molar-refractivity contribution in [3.8, 4) is 0 Å². The maximum Gasteiger partial charge on any atom is 0.0334 e. The van der Waals surface area contributed by atoms with Crippen molar-refractivity contribution < 1.29 is 0 Å². The highest BCUT2D eigenvalue weighted by molar-refractivity contribution is 9.10. The minimum absolute atomic E-state index is 0.647. The predicted molar refractivity (Wildman–Crippen MR) is 64.3 cm³/mol. The molecule has 13 heavy (non-hydrogen) atoms. The van der Waals surface area contributed by atoms with Gasteiger partial charge in [-0.3, -0.25) is 0 Å². The molecule has 0 spiro atoms. The van der Waals surface area contributed by atoms with E-state index < -0.39 is 0 Å². The SMILES string of the molecule is C=C(Cl)CSc1ccc(N)cc1Br. The number of benzene rings is 1. The number of hydrogen-bond acceptors (Lipinski definition) is 2. The Morgan fingerprint density at radius 3 is 2.85 bits per heavy atom. The number of anilines is 1. The van der Waals surface area contributed by atoms with E-state index in [1.54, 1.807) is 11.8 Å². The zero-order valence-electron chi connectivity index (χ0n) is 6.89. The van der Waals surface area contributed by atoms with E-state index in [4.69, 9.17) is 17.3 Å². The number of hydrogen-bond donors (Lipinski definition) is 1. The number of nitrogens with two attached hydrogens (primary N) is 1. The Morgan fingerprint density at radius 1 is 1.62 bits per heavy atom.